The largest absolute Gasteiger partial charge is 0.489 e. The van der Waals surface area contributed by atoms with Gasteiger partial charge in [0, 0.05) is 6.07 Å². The van der Waals surface area contributed by atoms with Gasteiger partial charge in [-0.2, -0.15) is 5.10 Å². The van der Waals surface area contributed by atoms with E-state index in [4.69, 9.17) is 4.74 Å². The van der Waals surface area contributed by atoms with Crippen molar-refractivity contribution in [3.05, 3.63) is 65.2 Å². The average Bonchev–Trinajstić information content (AvgIpc) is 3.02. The van der Waals surface area contributed by atoms with Crippen molar-refractivity contribution in [2.75, 3.05) is 5.75 Å². The van der Waals surface area contributed by atoms with Gasteiger partial charge in [0.15, 0.2) is 16.8 Å². The van der Waals surface area contributed by atoms with E-state index < -0.39 is 11.6 Å². The minimum absolute atomic E-state index is 0.0877. The molecule has 1 aliphatic heterocycles. The van der Waals surface area contributed by atoms with E-state index in [1.54, 1.807) is 6.21 Å². The van der Waals surface area contributed by atoms with Crippen LogP contribution < -0.4 is 10.1 Å². The third-order valence-electron chi connectivity index (χ3n) is 3.19. The minimum atomic E-state index is -0.950. The first-order valence-electron chi connectivity index (χ1n) is 7.30. The summed E-state index contributed by atoms with van der Waals surface area (Å²) in [7, 11) is 0. The quantitative estimate of drug-likeness (QED) is 0.658. The van der Waals surface area contributed by atoms with Crippen molar-refractivity contribution in [1.82, 2.24) is 5.32 Å². The van der Waals surface area contributed by atoms with Crippen molar-refractivity contribution in [3.63, 3.8) is 0 Å². The number of halogens is 2. The first-order valence-corrected chi connectivity index (χ1v) is 8.29. The van der Waals surface area contributed by atoms with Crippen LogP contribution in [0.25, 0.3) is 0 Å². The average molecular weight is 361 g/mol. The molecule has 0 bridgehead atoms. The van der Waals surface area contributed by atoms with E-state index in [1.807, 2.05) is 24.3 Å². The number of hydrogen-bond donors (Lipinski definition) is 1. The van der Waals surface area contributed by atoms with Gasteiger partial charge in [-0.25, -0.2) is 8.78 Å². The molecule has 128 valence electrons. The van der Waals surface area contributed by atoms with Gasteiger partial charge in [-0.15, -0.1) is 5.10 Å². The van der Waals surface area contributed by atoms with Crippen molar-refractivity contribution < 1.29 is 18.3 Å². The Bertz CT molecular complexity index is 856. The Morgan fingerprint density at radius 3 is 2.84 bits per heavy atom. The highest BCUT2D eigenvalue weighted by Crippen LogP contribution is 2.17. The van der Waals surface area contributed by atoms with E-state index in [0.717, 1.165) is 23.3 Å². The highest BCUT2D eigenvalue weighted by molar-refractivity contribution is 8.15. The molecule has 0 spiro atoms. The summed E-state index contributed by atoms with van der Waals surface area (Å²) in [6.07, 6.45) is 1.55. The van der Waals surface area contributed by atoms with Crippen molar-refractivity contribution >= 4 is 29.1 Å². The monoisotopic (exact) mass is 361 g/mol. The molecule has 1 heterocycles. The molecule has 0 unspecified atom stereocenters. The summed E-state index contributed by atoms with van der Waals surface area (Å²) in [5, 5.41) is 10.9. The van der Waals surface area contributed by atoms with Gasteiger partial charge in [-0.3, -0.25) is 4.79 Å². The van der Waals surface area contributed by atoms with Crippen LogP contribution in [0.2, 0.25) is 0 Å². The summed E-state index contributed by atoms with van der Waals surface area (Å²) in [6, 6.07) is 10.7. The molecule has 0 radical (unpaired) electrons. The number of ether oxygens (including phenoxy) is 1. The number of hydrogen-bond acceptors (Lipinski definition) is 5. The Balaban J connectivity index is 1.61. The SMILES string of the molecule is O=C1CSC(=NN=Cc2cccc(COc3ccc(F)c(F)c3)c2)N1. The van der Waals surface area contributed by atoms with E-state index in [0.29, 0.717) is 10.9 Å². The summed E-state index contributed by atoms with van der Waals surface area (Å²) in [5.41, 5.74) is 1.63. The molecule has 1 aliphatic rings. The van der Waals surface area contributed by atoms with Crippen LogP contribution in [0.1, 0.15) is 11.1 Å². The van der Waals surface area contributed by atoms with Crippen LogP contribution in [-0.2, 0) is 11.4 Å². The maximum absolute atomic E-state index is 13.1. The molecular weight excluding hydrogens is 348 g/mol. The molecule has 1 saturated heterocycles. The maximum Gasteiger partial charge on any atom is 0.236 e. The smallest absolute Gasteiger partial charge is 0.236 e. The highest BCUT2D eigenvalue weighted by atomic mass is 32.2. The van der Waals surface area contributed by atoms with Crippen LogP contribution in [-0.4, -0.2) is 23.0 Å². The predicted molar refractivity (Wildman–Crippen MR) is 92.8 cm³/mol. The van der Waals surface area contributed by atoms with Crippen molar-refractivity contribution in [2.24, 2.45) is 10.2 Å². The molecule has 1 amide bonds. The van der Waals surface area contributed by atoms with Gasteiger partial charge < -0.3 is 10.1 Å². The summed E-state index contributed by atoms with van der Waals surface area (Å²) >= 11 is 1.29. The third kappa shape index (κ3) is 4.87. The first kappa shape index (κ1) is 17.1. The van der Waals surface area contributed by atoms with Gasteiger partial charge in [0.2, 0.25) is 5.91 Å². The number of rotatable bonds is 5. The fourth-order valence-electron chi connectivity index (χ4n) is 2.02. The van der Waals surface area contributed by atoms with Crippen LogP contribution in [0.5, 0.6) is 5.75 Å². The molecule has 8 heteroatoms. The third-order valence-corrected chi connectivity index (χ3v) is 4.05. The molecule has 1 fully saturated rings. The molecule has 0 aromatic heterocycles. The zero-order valence-corrected chi connectivity index (χ0v) is 13.7. The fraction of sp³-hybridized carbons (Fsp3) is 0.118. The number of nitrogens with zero attached hydrogens (tertiary/aromatic N) is 2. The van der Waals surface area contributed by atoms with E-state index in [9.17, 15) is 13.6 Å². The van der Waals surface area contributed by atoms with E-state index in [-0.39, 0.29) is 18.3 Å². The molecule has 0 saturated carbocycles. The van der Waals surface area contributed by atoms with E-state index in [1.165, 1.54) is 17.8 Å². The molecule has 3 rings (SSSR count). The standard InChI is InChI=1S/C17H13F2N3O2S/c18-14-5-4-13(7-15(14)19)24-9-12-3-1-2-11(6-12)8-20-22-17-21-16(23)10-25-17/h1-8H,9-10H2,(H,21,22,23). The molecule has 25 heavy (non-hydrogen) atoms. The van der Waals surface area contributed by atoms with Crippen LogP contribution in [0.4, 0.5) is 8.78 Å². The van der Waals surface area contributed by atoms with Gasteiger partial charge >= 0.3 is 0 Å². The molecule has 2 aromatic carbocycles. The van der Waals surface area contributed by atoms with Gasteiger partial charge in [-0.1, -0.05) is 30.0 Å². The predicted octanol–water partition coefficient (Wildman–Crippen LogP) is 3.10. The number of amidine groups is 1. The number of nitrogens with one attached hydrogen (secondary N) is 1. The molecule has 1 N–H and O–H groups in total. The summed E-state index contributed by atoms with van der Waals surface area (Å²) in [5.74, 6) is -1.35. The summed E-state index contributed by atoms with van der Waals surface area (Å²) in [4.78, 5) is 11.0. The second-order valence-electron chi connectivity index (χ2n) is 5.10. The van der Waals surface area contributed by atoms with E-state index in [2.05, 4.69) is 15.5 Å². The second-order valence-corrected chi connectivity index (χ2v) is 6.06. The molecule has 0 aliphatic carbocycles. The maximum atomic E-state index is 13.1. The molecule has 0 atom stereocenters. The lowest BCUT2D eigenvalue weighted by Gasteiger charge is -2.07. The molecule has 2 aromatic rings. The Morgan fingerprint density at radius 2 is 2.08 bits per heavy atom. The highest BCUT2D eigenvalue weighted by Gasteiger charge is 2.15. The lowest BCUT2D eigenvalue weighted by molar-refractivity contribution is -0.116. The molecule has 5 nitrogen and oxygen atoms in total. The Labute approximate surface area is 146 Å². The van der Waals surface area contributed by atoms with Gasteiger partial charge in [0.1, 0.15) is 12.4 Å². The Morgan fingerprint density at radius 1 is 1.20 bits per heavy atom. The number of amides is 1. The van der Waals surface area contributed by atoms with Crippen molar-refractivity contribution in [1.29, 1.82) is 0 Å². The van der Waals surface area contributed by atoms with Crippen LogP contribution >= 0.6 is 11.8 Å². The number of carbonyl (C=O) groups is 1. The number of carbonyl (C=O) groups excluding carboxylic acids is 1. The van der Waals surface area contributed by atoms with Gasteiger partial charge in [-0.05, 0) is 29.3 Å². The zero-order valence-electron chi connectivity index (χ0n) is 12.9. The van der Waals surface area contributed by atoms with Crippen LogP contribution in [0.15, 0.2) is 52.7 Å². The van der Waals surface area contributed by atoms with Crippen molar-refractivity contribution in [2.45, 2.75) is 6.61 Å². The fourth-order valence-corrected chi connectivity index (χ4v) is 2.65. The normalized spacial score (nSPS) is 15.8. The van der Waals surface area contributed by atoms with Gasteiger partial charge in [0.05, 0.1) is 12.0 Å². The Kier molecular flexibility index (Phi) is 5.39. The number of thioether (sulfide) groups is 1. The van der Waals surface area contributed by atoms with Crippen LogP contribution in [0, 0.1) is 11.6 Å². The topological polar surface area (TPSA) is 63.0 Å². The first-order chi connectivity index (χ1) is 12.1. The second kappa shape index (κ2) is 7.89. The van der Waals surface area contributed by atoms with E-state index >= 15 is 0 Å². The summed E-state index contributed by atoms with van der Waals surface area (Å²) in [6.45, 7) is 0.202. The number of benzene rings is 2. The minimum Gasteiger partial charge on any atom is -0.489 e. The lowest BCUT2D eigenvalue weighted by atomic mass is 10.1. The zero-order chi connectivity index (χ0) is 17.6. The van der Waals surface area contributed by atoms with Crippen LogP contribution in [0.3, 0.4) is 0 Å². The lowest BCUT2D eigenvalue weighted by Crippen LogP contribution is -2.19. The Hall–Kier alpha value is -2.74. The van der Waals surface area contributed by atoms with Gasteiger partial charge in [0.25, 0.3) is 0 Å². The summed E-state index contributed by atoms with van der Waals surface area (Å²) < 4.78 is 31.5. The van der Waals surface area contributed by atoms with Crippen molar-refractivity contribution in [3.8, 4) is 5.75 Å². The molecular formula is C17H13F2N3O2S.